The Morgan fingerprint density at radius 1 is 1.16 bits per heavy atom. The Bertz CT molecular complexity index is 887. The number of H-pyrrole nitrogens is 1. The van der Waals surface area contributed by atoms with Gasteiger partial charge in [0.2, 0.25) is 5.91 Å². The normalized spacial score (nSPS) is 11.9. The van der Waals surface area contributed by atoms with Gasteiger partial charge in [0.15, 0.2) is 4.77 Å². The number of hydrogen-bond acceptors (Lipinski definition) is 3. The van der Waals surface area contributed by atoms with Gasteiger partial charge in [0.25, 0.3) is 0 Å². The first-order valence-corrected chi connectivity index (χ1v) is 8.56. The molecule has 3 aromatic rings. The van der Waals surface area contributed by atoms with Crippen LogP contribution in [0.3, 0.4) is 0 Å². The fourth-order valence-electron chi connectivity index (χ4n) is 2.68. The van der Waals surface area contributed by atoms with Gasteiger partial charge in [0, 0.05) is 0 Å². The lowest BCUT2D eigenvalue weighted by Gasteiger charge is -2.14. The summed E-state index contributed by atoms with van der Waals surface area (Å²) in [4.78, 5) is 12.4. The molecule has 0 aliphatic heterocycles. The summed E-state index contributed by atoms with van der Waals surface area (Å²) in [5.74, 6) is 0.547. The molecule has 0 fully saturated rings. The van der Waals surface area contributed by atoms with Gasteiger partial charge in [-0.2, -0.15) is 5.10 Å². The Morgan fingerprint density at radius 3 is 2.48 bits per heavy atom. The maximum atomic E-state index is 12.4. The molecule has 0 aliphatic carbocycles. The molecule has 3 rings (SSSR count). The Balaban J connectivity index is 1.69. The summed E-state index contributed by atoms with van der Waals surface area (Å²) in [6, 6.07) is 19.8. The van der Waals surface area contributed by atoms with Crippen molar-refractivity contribution in [3.05, 3.63) is 82.4 Å². The monoisotopic (exact) mass is 352 g/mol. The van der Waals surface area contributed by atoms with Crippen molar-refractivity contribution in [2.24, 2.45) is 0 Å². The van der Waals surface area contributed by atoms with Crippen LogP contribution in [0.15, 0.2) is 60.7 Å². The molecular formula is C19H20N4OS. The second-order valence-corrected chi connectivity index (χ2v) is 6.28. The summed E-state index contributed by atoms with van der Waals surface area (Å²) in [7, 11) is 0. The van der Waals surface area contributed by atoms with E-state index in [-0.39, 0.29) is 18.4 Å². The van der Waals surface area contributed by atoms with Gasteiger partial charge in [-0.15, -0.1) is 0 Å². The summed E-state index contributed by atoms with van der Waals surface area (Å²) < 4.78 is 2.38. The fraction of sp³-hybridized carbons (Fsp3) is 0.211. The quantitative estimate of drug-likeness (QED) is 0.668. The van der Waals surface area contributed by atoms with Crippen molar-refractivity contribution in [1.82, 2.24) is 20.1 Å². The van der Waals surface area contributed by atoms with Crippen LogP contribution in [0.4, 0.5) is 0 Å². The molecule has 5 nitrogen and oxygen atoms in total. The molecule has 1 heterocycles. The highest BCUT2D eigenvalue weighted by molar-refractivity contribution is 7.71. The smallest absolute Gasteiger partial charge is 0.228 e. The second kappa shape index (κ2) is 7.90. The van der Waals surface area contributed by atoms with Gasteiger partial charge >= 0.3 is 0 Å². The number of rotatable bonds is 6. The van der Waals surface area contributed by atoms with E-state index in [9.17, 15) is 4.79 Å². The number of benzene rings is 2. The average Bonchev–Trinajstić information content (AvgIpc) is 2.96. The number of nitrogens with zero attached hydrogens (tertiary/aromatic N) is 2. The Morgan fingerprint density at radius 2 is 1.80 bits per heavy atom. The zero-order valence-electron chi connectivity index (χ0n) is 14.0. The minimum absolute atomic E-state index is 0.0572. The van der Waals surface area contributed by atoms with E-state index >= 15 is 0 Å². The molecule has 1 unspecified atom stereocenters. The van der Waals surface area contributed by atoms with Crippen LogP contribution in [0.5, 0.6) is 0 Å². The highest BCUT2D eigenvalue weighted by Gasteiger charge is 2.14. The number of amides is 1. The number of carbonyl (C=O) groups is 1. The molecule has 1 atom stereocenters. The van der Waals surface area contributed by atoms with E-state index in [0.717, 1.165) is 11.1 Å². The second-order valence-electron chi connectivity index (χ2n) is 5.89. The number of aromatic amines is 1. The van der Waals surface area contributed by atoms with Crippen molar-refractivity contribution in [3.8, 4) is 0 Å². The maximum Gasteiger partial charge on any atom is 0.228 e. The van der Waals surface area contributed by atoms with Gasteiger partial charge in [-0.1, -0.05) is 60.7 Å². The first-order valence-electron chi connectivity index (χ1n) is 8.16. The molecular weight excluding hydrogens is 332 g/mol. The van der Waals surface area contributed by atoms with E-state index in [1.807, 2.05) is 72.2 Å². The van der Waals surface area contributed by atoms with E-state index in [0.29, 0.717) is 17.1 Å². The largest absolute Gasteiger partial charge is 0.349 e. The van der Waals surface area contributed by atoms with Crippen molar-refractivity contribution in [1.29, 1.82) is 0 Å². The highest BCUT2D eigenvalue weighted by Crippen LogP contribution is 2.12. The minimum atomic E-state index is -0.0836. The van der Waals surface area contributed by atoms with Crippen LogP contribution in [0.2, 0.25) is 0 Å². The molecule has 1 aromatic heterocycles. The molecule has 1 amide bonds. The van der Waals surface area contributed by atoms with Crippen molar-refractivity contribution in [2.45, 2.75) is 25.9 Å². The standard InChI is InChI=1S/C19H20N4OS/c1-14(16-10-6-3-7-11-16)20-18(24)12-17-21-22-19(25)23(17)13-15-8-4-2-5-9-15/h2-11,14H,12-13H2,1H3,(H,20,24)(H,22,25). The lowest BCUT2D eigenvalue weighted by atomic mass is 10.1. The molecule has 128 valence electrons. The Kier molecular flexibility index (Phi) is 5.40. The topological polar surface area (TPSA) is 62.7 Å². The van der Waals surface area contributed by atoms with E-state index < -0.39 is 0 Å². The number of nitrogens with one attached hydrogen (secondary N) is 2. The molecule has 2 N–H and O–H groups in total. The molecule has 6 heteroatoms. The SMILES string of the molecule is CC(NC(=O)Cc1n[nH]c(=S)n1Cc1ccccc1)c1ccccc1. The van der Waals surface area contributed by atoms with Gasteiger partial charge in [0.1, 0.15) is 5.82 Å². The maximum absolute atomic E-state index is 12.4. The lowest BCUT2D eigenvalue weighted by Crippen LogP contribution is -2.29. The summed E-state index contributed by atoms with van der Waals surface area (Å²) in [6.07, 6.45) is 0.178. The molecule has 0 saturated heterocycles. The highest BCUT2D eigenvalue weighted by atomic mass is 32.1. The zero-order valence-corrected chi connectivity index (χ0v) is 14.8. The summed E-state index contributed by atoms with van der Waals surface area (Å²) >= 11 is 5.30. The lowest BCUT2D eigenvalue weighted by molar-refractivity contribution is -0.121. The first kappa shape index (κ1) is 17.1. The van der Waals surface area contributed by atoms with Crippen molar-refractivity contribution >= 4 is 18.1 Å². The predicted octanol–water partition coefficient (Wildman–Crippen LogP) is 3.41. The van der Waals surface area contributed by atoms with Gasteiger partial charge in [-0.05, 0) is 30.3 Å². The molecule has 25 heavy (non-hydrogen) atoms. The van der Waals surface area contributed by atoms with Crippen LogP contribution in [0.1, 0.15) is 29.9 Å². The third-order valence-corrected chi connectivity index (χ3v) is 4.33. The predicted molar refractivity (Wildman–Crippen MR) is 99.7 cm³/mol. The third-order valence-electron chi connectivity index (χ3n) is 4.02. The zero-order chi connectivity index (χ0) is 17.6. The van der Waals surface area contributed by atoms with E-state index in [1.165, 1.54) is 0 Å². The van der Waals surface area contributed by atoms with E-state index in [4.69, 9.17) is 12.2 Å². The first-order chi connectivity index (χ1) is 12.1. The third kappa shape index (κ3) is 4.42. The van der Waals surface area contributed by atoms with Crippen LogP contribution in [0, 0.1) is 4.77 Å². The van der Waals surface area contributed by atoms with Crippen LogP contribution >= 0.6 is 12.2 Å². The van der Waals surface area contributed by atoms with Gasteiger partial charge in [-0.25, -0.2) is 0 Å². The van der Waals surface area contributed by atoms with Crippen molar-refractivity contribution in [3.63, 3.8) is 0 Å². The average molecular weight is 352 g/mol. The van der Waals surface area contributed by atoms with Crippen LogP contribution < -0.4 is 5.32 Å². The molecule has 0 saturated carbocycles. The van der Waals surface area contributed by atoms with E-state index in [1.54, 1.807) is 0 Å². The van der Waals surface area contributed by atoms with Crippen LogP contribution in [0.25, 0.3) is 0 Å². The molecule has 0 radical (unpaired) electrons. The summed E-state index contributed by atoms with van der Waals surface area (Å²) in [5, 5.41) is 10.0. The van der Waals surface area contributed by atoms with Gasteiger partial charge in [0.05, 0.1) is 19.0 Å². The van der Waals surface area contributed by atoms with Gasteiger partial charge in [-0.3, -0.25) is 14.5 Å². The minimum Gasteiger partial charge on any atom is -0.349 e. The van der Waals surface area contributed by atoms with Gasteiger partial charge < -0.3 is 5.32 Å². The van der Waals surface area contributed by atoms with E-state index in [2.05, 4.69) is 15.5 Å². The van der Waals surface area contributed by atoms with Crippen LogP contribution in [-0.4, -0.2) is 20.7 Å². The van der Waals surface area contributed by atoms with Crippen molar-refractivity contribution < 1.29 is 4.79 Å². The Labute approximate surface area is 151 Å². The fourth-order valence-corrected chi connectivity index (χ4v) is 2.89. The Hall–Kier alpha value is -2.73. The number of aromatic nitrogens is 3. The number of hydrogen-bond donors (Lipinski definition) is 2. The molecule has 0 spiro atoms. The van der Waals surface area contributed by atoms with Crippen LogP contribution in [-0.2, 0) is 17.8 Å². The molecule has 0 bridgehead atoms. The van der Waals surface area contributed by atoms with Crippen molar-refractivity contribution in [2.75, 3.05) is 0 Å². The number of carbonyl (C=O) groups excluding carboxylic acids is 1. The molecule has 2 aromatic carbocycles. The summed E-state index contributed by atoms with van der Waals surface area (Å²) in [6.45, 7) is 2.56. The summed E-state index contributed by atoms with van der Waals surface area (Å²) in [5.41, 5.74) is 2.18. The molecule has 0 aliphatic rings.